The van der Waals surface area contributed by atoms with Gasteiger partial charge in [-0.05, 0) is 13.0 Å². The molecule has 0 spiro atoms. The highest BCUT2D eigenvalue weighted by atomic mass is 19.4. The Kier molecular flexibility index (Phi) is 5.18. The minimum Gasteiger partial charge on any atom is -0.466 e. The van der Waals surface area contributed by atoms with E-state index in [9.17, 15) is 26.7 Å². The molecule has 0 amide bonds. The number of nitriles is 1. The maximum absolute atomic E-state index is 12.9. The largest absolute Gasteiger partial charge is 0.466 e. The van der Waals surface area contributed by atoms with Gasteiger partial charge in [0.2, 0.25) is 0 Å². The van der Waals surface area contributed by atoms with Gasteiger partial charge in [0.25, 0.3) is 6.43 Å². The molecule has 0 atom stereocenters. The van der Waals surface area contributed by atoms with Gasteiger partial charge in [-0.25, -0.2) is 13.8 Å². The van der Waals surface area contributed by atoms with Crippen molar-refractivity contribution < 1.29 is 31.5 Å². The van der Waals surface area contributed by atoms with Crippen LogP contribution in [0.25, 0.3) is 0 Å². The second-order valence-electron chi connectivity index (χ2n) is 3.81. The molecule has 0 saturated carbocycles. The Hall–Kier alpha value is -2.24. The molecule has 0 fully saturated rings. The highest BCUT2D eigenvalue weighted by Crippen LogP contribution is 2.38. The fourth-order valence-electron chi connectivity index (χ4n) is 1.65. The van der Waals surface area contributed by atoms with Gasteiger partial charge in [0.05, 0.1) is 24.3 Å². The first-order valence-corrected chi connectivity index (χ1v) is 5.65. The summed E-state index contributed by atoms with van der Waals surface area (Å²) < 4.78 is 68.8. The van der Waals surface area contributed by atoms with Crippen LogP contribution in [0.3, 0.4) is 0 Å². The molecule has 1 rings (SSSR count). The summed E-state index contributed by atoms with van der Waals surface area (Å²) in [7, 11) is 0. The van der Waals surface area contributed by atoms with Crippen molar-refractivity contribution in [2.75, 3.05) is 6.61 Å². The van der Waals surface area contributed by atoms with Crippen molar-refractivity contribution in [3.05, 3.63) is 28.6 Å². The molecule has 0 saturated heterocycles. The molecule has 0 aliphatic heterocycles. The summed E-state index contributed by atoms with van der Waals surface area (Å²) in [4.78, 5) is 14.6. The number of nitrogens with zero attached hydrogens (tertiary/aromatic N) is 2. The third-order valence-electron chi connectivity index (χ3n) is 2.38. The first-order valence-electron chi connectivity index (χ1n) is 5.65. The van der Waals surface area contributed by atoms with Crippen LogP contribution in [0.15, 0.2) is 6.07 Å². The summed E-state index contributed by atoms with van der Waals surface area (Å²) >= 11 is 0. The van der Waals surface area contributed by atoms with Crippen molar-refractivity contribution in [3.63, 3.8) is 0 Å². The zero-order chi connectivity index (χ0) is 16.2. The lowest BCUT2D eigenvalue weighted by Crippen LogP contribution is -2.19. The molecule has 0 unspecified atom stereocenters. The van der Waals surface area contributed by atoms with Crippen LogP contribution >= 0.6 is 0 Å². The molecule has 21 heavy (non-hydrogen) atoms. The first kappa shape index (κ1) is 16.8. The number of hydrogen-bond acceptors (Lipinski definition) is 4. The molecule has 0 N–H and O–H groups in total. The number of ether oxygens (including phenoxy) is 1. The molecule has 0 bridgehead atoms. The van der Waals surface area contributed by atoms with Crippen molar-refractivity contribution in [1.82, 2.24) is 4.98 Å². The summed E-state index contributed by atoms with van der Waals surface area (Å²) in [5.41, 5.74) is -4.66. The highest BCUT2D eigenvalue weighted by molar-refractivity contribution is 5.72. The minimum absolute atomic E-state index is 0.0835. The SMILES string of the molecule is CCOC(=O)Cc1nc(C#N)cc(C(F)F)c1C(F)(F)F. The van der Waals surface area contributed by atoms with Crippen LogP contribution in [0.2, 0.25) is 0 Å². The molecule has 0 aliphatic carbocycles. The van der Waals surface area contributed by atoms with Crippen LogP contribution in [0.4, 0.5) is 22.0 Å². The molecule has 9 heteroatoms. The number of rotatable bonds is 4. The molecule has 0 aromatic carbocycles. The normalized spacial score (nSPS) is 11.3. The van der Waals surface area contributed by atoms with E-state index in [0.29, 0.717) is 6.07 Å². The summed E-state index contributed by atoms with van der Waals surface area (Å²) in [5, 5.41) is 8.64. The predicted molar refractivity (Wildman–Crippen MR) is 59.2 cm³/mol. The fourth-order valence-corrected chi connectivity index (χ4v) is 1.65. The van der Waals surface area contributed by atoms with Gasteiger partial charge < -0.3 is 4.74 Å². The lowest BCUT2D eigenvalue weighted by Gasteiger charge is -2.16. The van der Waals surface area contributed by atoms with Crippen LogP contribution in [-0.4, -0.2) is 17.6 Å². The zero-order valence-corrected chi connectivity index (χ0v) is 10.7. The van der Waals surface area contributed by atoms with Crippen LogP contribution in [0.1, 0.15) is 35.9 Å². The maximum Gasteiger partial charge on any atom is 0.418 e. The molecule has 114 valence electrons. The van der Waals surface area contributed by atoms with Crippen LogP contribution < -0.4 is 0 Å². The van der Waals surface area contributed by atoms with Crippen LogP contribution in [0.5, 0.6) is 0 Å². The molecule has 0 aliphatic rings. The van der Waals surface area contributed by atoms with Crippen molar-refractivity contribution in [2.45, 2.75) is 25.9 Å². The molecule has 0 radical (unpaired) electrons. The molecule has 1 aromatic rings. The Labute approximate surface area is 116 Å². The Balaban J connectivity index is 3.48. The third-order valence-corrected chi connectivity index (χ3v) is 2.38. The monoisotopic (exact) mass is 308 g/mol. The van der Waals surface area contributed by atoms with E-state index in [4.69, 9.17) is 5.26 Å². The van der Waals surface area contributed by atoms with Gasteiger partial charge in [0.15, 0.2) is 0 Å². The second-order valence-corrected chi connectivity index (χ2v) is 3.81. The van der Waals surface area contributed by atoms with Gasteiger partial charge in [-0.2, -0.15) is 18.4 Å². The van der Waals surface area contributed by atoms with Crippen molar-refractivity contribution in [3.8, 4) is 6.07 Å². The molecule has 1 aromatic heterocycles. The Morgan fingerprint density at radius 3 is 2.52 bits per heavy atom. The van der Waals surface area contributed by atoms with Gasteiger partial charge in [0.1, 0.15) is 11.8 Å². The maximum atomic E-state index is 12.9. The smallest absolute Gasteiger partial charge is 0.418 e. The predicted octanol–water partition coefficient (Wildman–Crippen LogP) is 3.02. The number of carbonyl (C=O) groups is 1. The van der Waals surface area contributed by atoms with Crippen molar-refractivity contribution in [2.24, 2.45) is 0 Å². The van der Waals surface area contributed by atoms with E-state index in [1.54, 1.807) is 0 Å². The van der Waals surface area contributed by atoms with Crippen LogP contribution in [0, 0.1) is 11.3 Å². The number of esters is 1. The van der Waals surface area contributed by atoms with E-state index in [1.165, 1.54) is 13.0 Å². The summed E-state index contributed by atoms with van der Waals surface area (Å²) in [6.07, 6.45) is -9.54. The minimum atomic E-state index is -5.13. The number of carbonyl (C=O) groups excluding carboxylic acids is 1. The van der Waals surface area contributed by atoms with E-state index in [2.05, 4.69) is 9.72 Å². The van der Waals surface area contributed by atoms with Gasteiger partial charge >= 0.3 is 12.1 Å². The first-order chi connectivity index (χ1) is 9.70. The molecular formula is C12H9F5N2O2. The lowest BCUT2D eigenvalue weighted by atomic mass is 10.0. The topological polar surface area (TPSA) is 63.0 Å². The Morgan fingerprint density at radius 2 is 2.10 bits per heavy atom. The van der Waals surface area contributed by atoms with Gasteiger partial charge in [0, 0.05) is 5.56 Å². The molecule has 1 heterocycles. The quantitative estimate of drug-likeness (QED) is 0.633. The van der Waals surface area contributed by atoms with Gasteiger partial charge in [-0.15, -0.1) is 0 Å². The average molecular weight is 308 g/mol. The number of pyridine rings is 1. The summed E-state index contributed by atoms with van der Waals surface area (Å²) in [5.74, 6) is -1.05. The summed E-state index contributed by atoms with van der Waals surface area (Å²) in [6.45, 7) is 1.35. The Morgan fingerprint density at radius 1 is 1.48 bits per heavy atom. The lowest BCUT2D eigenvalue weighted by molar-refractivity contribution is -0.144. The third kappa shape index (κ3) is 4.11. The van der Waals surface area contributed by atoms with Crippen molar-refractivity contribution >= 4 is 5.97 Å². The number of hydrogen-bond donors (Lipinski definition) is 0. The Bertz CT molecular complexity index is 578. The standard InChI is InChI=1S/C12H9F5N2O2/c1-2-21-9(20)4-8-10(12(15,16)17)7(11(13)14)3-6(5-18)19-8/h3,11H,2,4H2,1H3. The van der Waals surface area contributed by atoms with E-state index >= 15 is 0 Å². The fraction of sp³-hybridized carbons (Fsp3) is 0.417. The average Bonchev–Trinajstić information content (AvgIpc) is 2.36. The highest BCUT2D eigenvalue weighted by Gasteiger charge is 2.40. The van der Waals surface area contributed by atoms with E-state index in [-0.39, 0.29) is 6.61 Å². The van der Waals surface area contributed by atoms with Crippen molar-refractivity contribution in [1.29, 1.82) is 5.26 Å². The summed E-state index contributed by atoms with van der Waals surface area (Å²) in [6, 6.07) is 1.75. The van der Waals surface area contributed by atoms with E-state index in [0.717, 1.165) is 0 Å². The number of aromatic nitrogens is 1. The van der Waals surface area contributed by atoms with E-state index in [1.807, 2.05) is 0 Å². The number of alkyl halides is 5. The van der Waals surface area contributed by atoms with E-state index < -0.39 is 47.5 Å². The molecule has 4 nitrogen and oxygen atoms in total. The van der Waals surface area contributed by atoms with Crippen LogP contribution in [-0.2, 0) is 22.1 Å². The number of halogens is 5. The zero-order valence-electron chi connectivity index (χ0n) is 10.7. The second kappa shape index (κ2) is 6.47. The van der Waals surface area contributed by atoms with Gasteiger partial charge in [-0.3, -0.25) is 4.79 Å². The van der Waals surface area contributed by atoms with Gasteiger partial charge in [-0.1, -0.05) is 0 Å². The molecular weight excluding hydrogens is 299 g/mol.